The highest BCUT2D eigenvalue weighted by atomic mass is 32.3. The van der Waals surface area contributed by atoms with Crippen LogP contribution < -0.4 is 0 Å². The van der Waals surface area contributed by atoms with Crippen molar-refractivity contribution in [2.45, 2.75) is 31.4 Å². The van der Waals surface area contributed by atoms with Crippen molar-refractivity contribution < 1.29 is 12.3 Å². The molecule has 1 aromatic carbocycles. The molecule has 0 saturated carbocycles. The van der Waals surface area contributed by atoms with Crippen LogP contribution in [0.5, 0.6) is 0 Å². The molecule has 0 aliphatic heterocycles. The summed E-state index contributed by atoms with van der Waals surface area (Å²) in [6, 6.07) is 5.45. The third kappa shape index (κ3) is 2.04. The Labute approximate surface area is 89.3 Å². The van der Waals surface area contributed by atoms with Gasteiger partial charge in [-0.25, -0.2) is 0 Å². The molecule has 1 unspecified atom stereocenters. The van der Waals surface area contributed by atoms with Crippen molar-refractivity contribution in [2.75, 3.05) is 0 Å². The van der Waals surface area contributed by atoms with E-state index < -0.39 is 15.5 Å². The zero-order valence-corrected chi connectivity index (χ0v) is 9.35. The highest BCUT2D eigenvalue weighted by molar-refractivity contribution is 7.86. The van der Waals surface area contributed by atoms with Gasteiger partial charge in [0.1, 0.15) is 5.25 Å². The topological polar surface area (TPSA) is 34.1 Å². The summed E-state index contributed by atoms with van der Waals surface area (Å²) < 4.78 is 34.3. The average molecular weight is 228 g/mol. The van der Waals surface area contributed by atoms with Crippen molar-refractivity contribution >= 4 is 10.2 Å². The van der Waals surface area contributed by atoms with E-state index in [4.69, 9.17) is 0 Å². The minimum absolute atomic E-state index is 0.554. The molecule has 0 amide bonds. The zero-order chi connectivity index (χ0) is 11.1. The molecule has 15 heavy (non-hydrogen) atoms. The van der Waals surface area contributed by atoms with Crippen LogP contribution in [0.3, 0.4) is 0 Å². The van der Waals surface area contributed by atoms with Gasteiger partial charge in [0.2, 0.25) is 0 Å². The van der Waals surface area contributed by atoms with Crippen LogP contribution in [0, 0.1) is 0 Å². The van der Waals surface area contributed by atoms with E-state index in [0.717, 1.165) is 19.3 Å². The Morgan fingerprint density at radius 3 is 2.60 bits per heavy atom. The van der Waals surface area contributed by atoms with E-state index >= 15 is 0 Å². The van der Waals surface area contributed by atoms with E-state index in [2.05, 4.69) is 0 Å². The summed E-state index contributed by atoms with van der Waals surface area (Å²) in [6.45, 7) is 1.38. The SMILES string of the molecule is CC(c1ccc2c(c1)CCC2)S(=O)(=O)F. The molecule has 0 saturated heterocycles. The van der Waals surface area contributed by atoms with Gasteiger partial charge < -0.3 is 0 Å². The molecule has 2 nitrogen and oxygen atoms in total. The monoisotopic (exact) mass is 228 g/mol. The fourth-order valence-corrected chi connectivity index (χ4v) is 2.48. The van der Waals surface area contributed by atoms with Crippen molar-refractivity contribution in [3.05, 3.63) is 34.9 Å². The summed E-state index contributed by atoms with van der Waals surface area (Å²) in [5.74, 6) is 0. The van der Waals surface area contributed by atoms with Gasteiger partial charge in [0.25, 0.3) is 0 Å². The average Bonchev–Trinajstić information content (AvgIpc) is 2.61. The van der Waals surface area contributed by atoms with Crippen LogP contribution >= 0.6 is 0 Å². The van der Waals surface area contributed by atoms with Crippen molar-refractivity contribution in [3.8, 4) is 0 Å². The normalized spacial score (nSPS) is 17.5. The summed E-state index contributed by atoms with van der Waals surface area (Å²) in [6.07, 6.45) is 3.13. The van der Waals surface area contributed by atoms with Crippen LogP contribution in [0.25, 0.3) is 0 Å². The van der Waals surface area contributed by atoms with Crippen LogP contribution in [0.2, 0.25) is 0 Å². The molecule has 0 aromatic heterocycles. The lowest BCUT2D eigenvalue weighted by molar-refractivity contribution is 0.540. The number of hydrogen-bond donors (Lipinski definition) is 0. The summed E-state index contributed by atoms with van der Waals surface area (Å²) in [4.78, 5) is 0. The lowest BCUT2D eigenvalue weighted by Gasteiger charge is -2.09. The van der Waals surface area contributed by atoms with Gasteiger partial charge in [-0.1, -0.05) is 18.2 Å². The maximum Gasteiger partial charge on any atom is 0.309 e. The molecule has 1 atom stereocenters. The molecule has 0 bridgehead atoms. The van der Waals surface area contributed by atoms with Gasteiger partial charge in [-0.2, -0.15) is 8.42 Å². The minimum Gasteiger partial charge on any atom is -0.194 e. The lowest BCUT2D eigenvalue weighted by atomic mass is 10.0. The highest BCUT2D eigenvalue weighted by Gasteiger charge is 2.22. The fraction of sp³-hybridized carbons (Fsp3) is 0.455. The summed E-state index contributed by atoms with van der Waals surface area (Å²) in [5, 5.41) is -1.05. The Kier molecular flexibility index (Phi) is 2.54. The molecule has 0 radical (unpaired) electrons. The first-order valence-corrected chi connectivity index (χ1v) is 6.48. The maximum absolute atomic E-state index is 12.8. The second-order valence-corrected chi connectivity index (χ2v) is 5.66. The number of fused-ring (bicyclic) bond motifs is 1. The van der Waals surface area contributed by atoms with Gasteiger partial charge in [-0.3, -0.25) is 0 Å². The molecule has 0 heterocycles. The van der Waals surface area contributed by atoms with Crippen LogP contribution in [0.15, 0.2) is 18.2 Å². The van der Waals surface area contributed by atoms with Gasteiger partial charge in [0, 0.05) is 0 Å². The van der Waals surface area contributed by atoms with E-state index in [9.17, 15) is 12.3 Å². The van der Waals surface area contributed by atoms with Crippen molar-refractivity contribution in [1.29, 1.82) is 0 Å². The number of halogens is 1. The molecule has 0 spiro atoms. The lowest BCUT2D eigenvalue weighted by Crippen LogP contribution is -2.04. The first kappa shape index (κ1) is 10.6. The van der Waals surface area contributed by atoms with Crippen LogP contribution in [0.4, 0.5) is 3.89 Å². The Morgan fingerprint density at radius 1 is 1.27 bits per heavy atom. The number of hydrogen-bond acceptors (Lipinski definition) is 2. The fourth-order valence-electron chi connectivity index (χ4n) is 2.01. The molecule has 1 aromatic rings. The largest absolute Gasteiger partial charge is 0.309 e. The minimum atomic E-state index is -4.47. The Morgan fingerprint density at radius 2 is 1.93 bits per heavy atom. The maximum atomic E-state index is 12.8. The molecule has 82 valence electrons. The number of rotatable bonds is 2. The Hall–Kier alpha value is -0.900. The third-order valence-corrected chi connectivity index (χ3v) is 4.13. The molecule has 1 aliphatic carbocycles. The molecular weight excluding hydrogens is 215 g/mol. The van der Waals surface area contributed by atoms with E-state index in [1.54, 1.807) is 6.07 Å². The zero-order valence-electron chi connectivity index (χ0n) is 8.53. The standard InChI is InChI=1S/C11H13FO2S/c1-8(15(12,13)14)10-6-5-9-3-2-4-11(9)7-10/h5-8H,2-4H2,1H3. The van der Waals surface area contributed by atoms with Crippen molar-refractivity contribution in [2.24, 2.45) is 0 Å². The van der Waals surface area contributed by atoms with Gasteiger partial charge in [-0.15, -0.1) is 3.89 Å². The summed E-state index contributed by atoms with van der Waals surface area (Å²) >= 11 is 0. The molecule has 1 aliphatic rings. The van der Waals surface area contributed by atoms with Crippen molar-refractivity contribution in [1.82, 2.24) is 0 Å². The first-order chi connectivity index (χ1) is 6.98. The quantitative estimate of drug-likeness (QED) is 0.729. The Bertz CT molecular complexity index is 479. The molecule has 4 heteroatoms. The summed E-state index contributed by atoms with van der Waals surface area (Å²) in [5.41, 5.74) is 2.99. The van der Waals surface area contributed by atoms with E-state index in [1.807, 2.05) is 12.1 Å². The molecule has 0 N–H and O–H groups in total. The summed E-state index contributed by atoms with van der Waals surface area (Å²) in [7, 11) is -4.47. The van der Waals surface area contributed by atoms with Crippen LogP contribution in [-0.4, -0.2) is 8.42 Å². The molecule has 0 fully saturated rings. The number of aryl methyl sites for hydroxylation is 2. The van der Waals surface area contributed by atoms with Crippen molar-refractivity contribution in [3.63, 3.8) is 0 Å². The second-order valence-electron chi connectivity index (χ2n) is 4.00. The smallest absolute Gasteiger partial charge is 0.194 e. The Balaban J connectivity index is 2.39. The van der Waals surface area contributed by atoms with Gasteiger partial charge in [0.05, 0.1) is 0 Å². The highest BCUT2D eigenvalue weighted by Crippen LogP contribution is 2.29. The van der Waals surface area contributed by atoms with E-state index in [0.29, 0.717) is 5.56 Å². The first-order valence-electron chi connectivity index (χ1n) is 5.03. The second kappa shape index (κ2) is 3.59. The van der Waals surface area contributed by atoms with Crippen LogP contribution in [0.1, 0.15) is 35.3 Å². The molecular formula is C11H13FO2S. The van der Waals surface area contributed by atoms with Crippen LogP contribution in [-0.2, 0) is 23.1 Å². The van der Waals surface area contributed by atoms with E-state index in [1.165, 1.54) is 18.1 Å². The van der Waals surface area contributed by atoms with Gasteiger partial charge in [0.15, 0.2) is 0 Å². The number of benzene rings is 1. The third-order valence-electron chi connectivity index (χ3n) is 3.01. The van der Waals surface area contributed by atoms with Gasteiger partial charge in [-0.05, 0) is 42.9 Å². The predicted molar refractivity (Wildman–Crippen MR) is 56.9 cm³/mol. The van der Waals surface area contributed by atoms with Gasteiger partial charge >= 0.3 is 10.2 Å². The van der Waals surface area contributed by atoms with E-state index in [-0.39, 0.29) is 0 Å². The molecule has 2 rings (SSSR count). The predicted octanol–water partition coefficient (Wildman–Crippen LogP) is 2.54.